The molecular weight excluding hydrogens is 344 g/mol. The number of amides is 1. The van der Waals surface area contributed by atoms with Gasteiger partial charge in [-0.3, -0.25) is 4.79 Å². The van der Waals surface area contributed by atoms with E-state index in [-0.39, 0.29) is 24.4 Å². The van der Waals surface area contributed by atoms with Crippen LogP contribution in [0, 0.1) is 5.92 Å². The number of methoxy groups -OCH3 is 3. The van der Waals surface area contributed by atoms with Crippen molar-refractivity contribution in [2.45, 2.75) is 38.1 Å². The maximum Gasteiger partial charge on any atom is 0.220 e. The normalized spacial score (nSPS) is 19.0. The number of hydrogen-bond acceptors (Lipinski definition) is 5. The van der Waals surface area contributed by atoms with Gasteiger partial charge in [0.2, 0.25) is 11.7 Å². The third kappa shape index (κ3) is 5.16. The average Bonchev–Trinajstić information content (AvgIpc) is 3.05. The highest BCUT2D eigenvalue weighted by atomic mass is 35.5. The maximum atomic E-state index is 12.3. The van der Waals surface area contributed by atoms with Crippen molar-refractivity contribution in [3.05, 3.63) is 17.7 Å². The lowest BCUT2D eigenvalue weighted by molar-refractivity contribution is -0.122. The second-order valence-electron chi connectivity index (χ2n) is 6.09. The molecule has 1 saturated carbocycles. The van der Waals surface area contributed by atoms with E-state index in [4.69, 9.17) is 19.9 Å². The van der Waals surface area contributed by atoms with Crippen LogP contribution in [-0.2, 0) is 11.2 Å². The fraction of sp³-hybridized carbons (Fsp3) is 0.611. The van der Waals surface area contributed by atoms with Gasteiger partial charge >= 0.3 is 0 Å². The second kappa shape index (κ2) is 10.4. The first-order chi connectivity index (χ1) is 11.6. The Bertz CT molecular complexity index is 568. The van der Waals surface area contributed by atoms with E-state index in [1.807, 2.05) is 12.1 Å². The Labute approximate surface area is 155 Å². The lowest BCUT2D eigenvalue weighted by Gasteiger charge is -2.20. The van der Waals surface area contributed by atoms with Crippen LogP contribution in [0.2, 0.25) is 0 Å². The fourth-order valence-electron chi connectivity index (χ4n) is 3.40. The minimum atomic E-state index is 0. The lowest BCUT2D eigenvalue weighted by Crippen LogP contribution is -2.39. The maximum absolute atomic E-state index is 12.3. The number of benzene rings is 1. The second-order valence-corrected chi connectivity index (χ2v) is 6.09. The quantitative estimate of drug-likeness (QED) is 0.731. The summed E-state index contributed by atoms with van der Waals surface area (Å²) in [5.74, 6) is 2.24. The zero-order valence-corrected chi connectivity index (χ0v) is 16.0. The summed E-state index contributed by atoms with van der Waals surface area (Å²) >= 11 is 0. The minimum absolute atomic E-state index is 0. The van der Waals surface area contributed by atoms with E-state index in [0.717, 1.165) is 24.8 Å². The molecule has 142 valence electrons. The summed E-state index contributed by atoms with van der Waals surface area (Å²) in [6.07, 6.45) is 4.24. The molecule has 1 aliphatic rings. The summed E-state index contributed by atoms with van der Waals surface area (Å²) in [7, 11) is 4.75. The molecule has 0 aromatic heterocycles. The third-order valence-corrected chi connectivity index (χ3v) is 4.72. The Morgan fingerprint density at radius 3 is 2.48 bits per heavy atom. The number of carbonyl (C=O) groups excluding carboxylic acids is 1. The number of nitrogens with two attached hydrogens (primary N) is 1. The van der Waals surface area contributed by atoms with Crippen molar-refractivity contribution in [2.75, 3.05) is 27.9 Å². The number of hydrogen-bond donors (Lipinski definition) is 2. The molecule has 0 heterocycles. The van der Waals surface area contributed by atoms with Gasteiger partial charge < -0.3 is 25.3 Å². The molecule has 0 radical (unpaired) electrons. The average molecular weight is 373 g/mol. The molecule has 0 aliphatic heterocycles. The smallest absolute Gasteiger partial charge is 0.220 e. The van der Waals surface area contributed by atoms with Crippen LogP contribution in [0.3, 0.4) is 0 Å². The summed E-state index contributed by atoms with van der Waals surface area (Å²) in [6, 6.07) is 3.96. The van der Waals surface area contributed by atoms with E-state index >= 15 is 0 Å². The Morgan fingerprint density at radius 2 is 1.88 bits per heavy atom. The van der Waals surface area contributed by atoms with E-state index in [9.17, 15) is 4.79 Å². The number of halogens is 1. The van der Waals surface area contributed by atoms with Gasteiger partial charge in [-0.1, -0.05) is 12.5 Å². The standard InChI is InChI=1S/C18H28N2O4.ClH/c1-22-15-9-7-12(17(23-2)18(15)24-3)8-10-16(21)20-14-6-4-5-13(14)11-19;/h7,9,13-14H,4-6,8,10-11,19H2,1-3H3,(H,20,21);1H. The molecule has 3 N–H and O–H groups in total. The highest BCUT2D eigenvalue weighted by molar-refractivity contribution is 5.85. The molecule has 1 amide bonds. The van der Waals surface area contributed by atoms with E-state index in [2.05, 4.69) is 5.32 Å². The van der Waals surface area contributed by atoms with Gasteiger partial charge in [0.1, 0.15) is 0 Å². The summed E-state index contributed by atoms with van der Waals surface area (Å²) in [4.78, 5) is 12.3. The molecule has 1 aromatic rings. The third-order valence-electron chi connectivity index (χ3n) is 4.72. The first-order valence-corrected chi connectivity index (χ1v) is 8.41. The van der Waals surface area contributed by atoms with Crippen molar-refractivity contribution in [3.63, 3.8) is 0 Å². The van der Waals surface area contributed by atoms with Gasteiger partial charge in [0.05, 0.1) is 21.3 Å². The molecule has 25 heavy (non-hydrogen) atoms. The van der Waals surface area contributed by atoms with E-state index in [1.54, 1.807) is 21.3 Å². The lowest BCUT2D eigenvalue weighted by atomic mass is 10.0. The van der Waals surface area contributed by atoms with Crippen LogP contribution < -0.4 is 25.3 Å². The first-order valence-electron chi connectivity index (χ1n) is 8.41. The number of carbonyl (C=O) groups is 1. The first kappa shape index (κ1) is 21.4. The highest BCUT2D eigenvalue weighted by Crippen LogP contribution is 2.40. The number of aryl methyl sites for hydroxylation is 1. The predicted molar refractivity (Wildman–Crippen MR) is 100.0 cm³/mol. The highest BCUT2D eigenvalue weighted by Gasteiger charge is 2.27. The van der Waals surface area contributed by atoms with Gasteiger partial charge in [0.25, 0.3) is 0 Å². The van der Waals surface area contributed by atoms with Crippen LogP contribution in [-0.4, -0.2) is 39.8 Å². The van der Waals surface area contributed by atoms with Crippen molar-refractivity contribution in [1.29, 1.82) is 0 Å². The molecule has 6 nitrogen and oxygen atoms in total. The summed E-state index contributed by atoms with van der Waals surface area (Å²) < 4.78 is 16.1. The zero-order chi connectivity index (χ0) is 17.5. The van der Waals surface area contributed by atoms with Crippen molar-refractivity contribution >= 4 is 18.3 Å². The molecule has 1 aromatic carbocycles. The molecule has 2 rings (SSSR count). The Morgan fingerprint density at radius 1 is 1.16 bits per heavy atom. The minimum Gasteiger partial charge on any atom is -0.493 e. The van der Waals surface area contributed by atoms with E-state index in [0.29, 0.717) is 42.6 Å². The molecule has 0 spiro atoms. The van der Waals surface area contributed by atoms with Crippen LogP contribution in [0.5, 0.6) is 17.2 Å². The molecule has 7 heteroatoms. The SMILES string of the molecule is COc1ccc(CCC(=O)NC2CCCC2CN)c(OC)c1OC.Cl. The van der Waals surface area contributed by atoms with Crippen LogP contribution >= 0.6 is 12.4 Å². The summed E-state index contributed by atoms with van der Waals surface area (Å²) in [5.41, 5.74) is 6.69. The van der Waals surface area contributed by atoms with Crippen LogP contribution in [0.15, 0.2) is 12.1 Å². The van der Waals surface area contributed by atoms with Gasteiger partial charge in [-0.25, -0.2) is 0 Å². The molecule has 1 aliphatic carbocycles. The molecule has 0 bridgehead atoms. The van der Waals surface area contributed by atoms with Crippen LogP contribution in [0.4, 0.5) is 0 Å². The van der Waals surface area contributed by atoms with Crippen molar-refractivity contribution < 1.29 is 19.0 Å². The largest absolute Gasteiger partial charge is 0.493 e. The van der Waals surface area contributed by atoms with E-state index in [1.165, 1.54) is 0 Å². The monoisotopic (exact) mass is 372 g/mol. The Hall–Kier alpha value is -1.66. The molecule has 1 fully saturated rings. The van der Waals surface area contributed by atoms with Gasteiger partial charge in [-0.15, -0.1) is 12.4 Å². The number of ether oxygens (including phenoxy) is 3. The summed E-state index contributed by atoms with van der Waals surface area (Å²) in [5, 5.41) is 3.12. The molecule has 0 saturated heterocycles. The van der Waals surface area contributed by atoms with Gasteiger partial charge in [0.15, 0.2) is 11.5 Å². The Balaban J connectivity index is 0.00000312. The van der Waals surface area contributed by atoms with Gasteiger partial charge in [-0.05, 0) is 43.4 Å². The fourth-order valence-corrected chi connectivity index (χ4v) is 3.40. The Kier molecular flexibility index (Phi) is 8.86. The van der Waals surface area contributed by atoms with Crippen LogP contribution in [0.1, 0.15) is 31.2 Å². The van der Waals surface area contributed by atoms with Crippen molar-refractivity contribution in [3.8, 4) is 17.2 Å². The summed E-state index contributed by atoms with van der Waals surface area (Å²) in [6.45, 7) is 0.633. The number of rotatable bonds is 8. The van der Waals surface area contributed by atoms with Crippen LogP contribution in [0.25, 0.3) is 0 Å². The van der Waals surface area contributed by atoms with Gasteiger partial charge in [0, 0.05) is 12.5 Å². The zero-order valence-electron chi connectivity index (χ0n) is 15.2. The van der Waals surface area contributed by atoms with Crippen molar-refractivity contribution in [1.82, 2.24) is 5.32 Å². The van der Waals surface area contributed by atoms with Crippen molar-refractivity contribution in [2.24, 2.45) is 11.7 Å². The molecule has 2 unspecified atom stereocenters. The topological polar surface area (TPSA) is 82.8 Å². The van der Waals surface area contributed by atoms with Gasteiger partial charge in [-0.2, -0.15) is 0 Å². The van der Waals surface area contributed by atoms with E-state index < -0.39 is 0 Å². The molecular formula is C18H29ClN2O4. The molecule has 2 atom stereocenters. The number of nitrogens with one attached hydrogen (secondary N) is 1. The predicted octanol–water partition coefficient (Wildman–Crippen LogP) is 2.31.